The fourth-order valence-corrected chi connectivity index (χ4v) is 6.03. The van der Waals surface area contributed by atoms with E-state index in [-0.39, 0.29) is 17.3 Å². The van der Waals surface area contributed by atoms with E-state index in [0.29, 0.717) is 13.1 Å². The lowest BCUT2D eigenvalue weighted by Crippen LogP contribution is -2.35. The van der Waals surface area contributed by atoms with Crippen molar-refractivity contribution in [3.8, 4) is 0 Å². The molecule has 0 unspecified atom stereocenters. The van der Waals surface area contributed by atoms with Crippen LogP contribution in [0.4, 0.5) is 11.4 Å². The van der Waals surface area contributed by atoms with Crippen LogP contribution in [0, 0.1) is 0 Å². The SMILES string of the molecule is CS(=O)(=O)N(c1cc(Br)cc(NC(=O)c2cccs2)c1)S(C)(=O)=O. The van der Waals surface area contributed by atoms with Crippen molar-refractivity contribution in [1.82, 2.24) is 0 Å². The Morgan fingerprint density at radius 3 is 2.25 bits per heavy atom. The van der Waals surface area contributed by atoms with E-state index >= 15 is 0 Å². The number of hydrogen-bond donors (Lipinski definition) is 1. The number of anilines is 2. The van der Waals surface area contributed by atoms with Crippen molar-refractivity contribution in [2.45, 2.75) is 0 Å². The summed E-state index contributed by atoms with van der Waals surface area (Å²) in [4.78, 5) is 12.6. The zero-order chi connectivity index (χ0) is 18.1. The summed E-state index contributed by atoms with van der Waals surface area (Å²) in [6, 6.07) is 7.51. The lowest BCUT2D eigenvalue weighted by Gasteiger charge is -2.20. The number of sulfonamides is 2. The van der Waals surface area contributed by atoms with E-state index in [2.05, 4.69) is 21.2 Å². The first kappa shape index (κ1) is 18.9. The van der Waals surface area contributed by atoms with Crippen molar-refractivity contribution in [2.75, 3.05) is 21.5 Å². The number of benzene rings is 1. The van der Waals surface area contributed by atoms with Gasteiger partial charge in [0.1, 0.15) is 0 Å². The third-order valence-electron chi connectivity index (χ3n) is 2.70. The molecule has 0 aliphatic heterocycles. The Kier molecular flexibility index (Phi) is 5.37. The molecule has 0 fully saturated rings. The maximum absolute atomic E-state index is 12.1. The molecule has 0 atom stereocenters. The molecule has 0 radical (unpaired) electrons. The first-order chi connectivity index (χ1) is 11.0. The lowest BCUT2D eigenvalue weighted by atomic mass is 10.3. The quantitative estimate of drug-likeness (QED) is 0.750. The summed E-state index contributed by atoms with van der Waals surface area (Å²) in [5, 5.41) is 4.35. The van der Waals surface area contributed by atoms with Crippen molar-refractivity contribution >= 4 is 64.6 Å². The predicted octanol–water partition coefficient (Wildman–Crippen LogP) is 2.49. The van der Waals surface area contributed by atoms with Crippen LogP contribution in [0.15, 0.2) is 40.2 Å². The number of halogens is 1. The average molecular weight is 453 g/mol. The molecule has 1 aromatic heterocycles. The Balaban J connectivity index is 2.46. The van der Waals surface area contributed by atoms with Gasteiger partial charge in [0.05, 0.1) is 23.1 Å². The molecule has 0 bridgehead atoms. The highest BCUT2D eigenvalue weighted by molar-refractivity contribution is 9.10. The van der Waals surface area contributed by atoms with Crippen molar-refractivity contribution in [2.24, 2.45) is 0 Å². The molecular formula is C13H13BrN2O5S3. The highest BCUT2D eigenvalue weighted by Crippen LogP contribution is 2.29. The first-order valence-electron chi connectivity index (χ1n) is 6.34. The summed E-state index contributed by atoms with van der Waals surface area (Å²) in [7, 11) is -8.13. The van der Waals surface area contributed by atoms with Gasteiger partial charge in [-0.15, -0.1) is 11.3 Å². The molecule has 1 aromatic carbocycles. The summed E-state index contributed by atoms with van der Waals surface area (Å²) in [6.45, 7) is 0. The van der Waals surface area contributed by atoms with E-state index in [4.69, 9.17) is 0 Å². The Labute approximate surface area is 152 Å². The van der Waals surface area contributed by atoms with Crippen molar-refractivity contribution in [3.05, 3.63) is 45.1 Å². The number of carbonyl (C=O) groups excluding carboxylic acids is 1. The molecule has 0 aliphatic rings. The fourth-order valence-electron chi connectivity index (χ4n) is 1.98. The summed E-state index contributed by atoms with van der Waals surface area (Å²) >= 11 is 4.44. The molecule has 130 valence electrons. The molecule has 24 heavy (non-hydrogen) atoms. The van der Waals surface area contributed by atoms with Crippen molar-refractivity contribution in [1.29, 1.82) is 0 Å². The summed E-state index contributed by atoms with van der Waals surface area (Å²) in [5.41, 5.74) is 0.158. The summed E-state index contributed by atoms with van der Waals surface area (Å²) < 4.78 is 48.2. The van der Waals surface area contributed by atoms with Crippen LogP contribution in [0.2, 0.25) is 0 Å². The number of thiophene rings is 1. The number of rotatable bonds is 5. The van der Waals surface area contributed by atoms with Crippen LogP contribution in [0.3, 0.4) is 0 Å². The van der Waals surface area contributed by atoms with E-state index in [1.807, 2.05) is 0 Å². The normalized spacial score (nSPS) is 12.0. The largest absolute Gasteiger partial charge is 0.321 e. The Hall–Kier alpha value is -1.43. The first-order valence-corrected chi connectivity index (χ1v) is 11.7. The third-order valence-corrected chi connectivity index (χ3v) is 7.28. The van der Waals surface area contributed by atoms with Crippen LogP contribution >= 0.6 is 27.3 Å². The molecule has 11 heteroatoms. The van der Waals surface area contributed by atoms with Gasteiger partial charge in [0.15, 0.2) is 0 Å². The molecule has 1 N–H and O–H groups in total. The van der Waals surface area contributed by atoms with Crippen LogP contribution in [0.5, 0.6) is 0 Å². The monoisotopic (exact) mass is 452 g/mol. The number of nitrogens with one attached hydrogen (secondary N) is 1. The van der Waals surface area contributed by atoms with Crippen molar-refractivity contribution < 1.29 is 21.6 Å². The number of amides is 1. The maximum atomic E-state index is 12.1. The topological polar surface area (TPSA) is 101 Å². The molecule has 1 heterocycles. The highest BCUT2D eigenvalue weighted by atomic mass is 79.9. The van der Waals surface area contributed by atoms with E-state index < -0.39 is 20.0 Å². The second-order valence-electron chi connectivity index (χ2n) is 4.85. The van der Waals surface area contributed by atoms with Gasteiger partial charge in [-0.05, 0) is 29.6 Å². The smallest absolute Gasteiger partial charge is 0.265 e. The van der Waals surface area contributed by atoms with Crippen LogP contribution < -0.4 is 9.03 Å². The number of hydrogen-bond acceptors (Lipinski definition) is 6. The minimum Gasteiger partial charge on any atom is -0.321 e. The predicted molar refractivity (Wildman–Crippen MR) is 98.6 cm³/mol. The Morgan fingerprint density at radius 1 is 1.12 bits per heavy atom. The highest BCUT2D eigenvalue weighted by Gasteiger charge is 2.28. The van der Waals surface area contributed by atoms with E-state index in [1.54, 1.807) is 17.5 Å². The molecule has 0 spiro atoms. The van der Waals surface area contributed by atoms with E-state index in [9.17, 15) is 21.6 Å². The van der Waals surface area contributed by atoms with Gasteiger partial charge < -0.3 is 5.32 Å². The second kappa shape index (κ2) is 6.82. The summed E-state index contributed by atoms with van der Waals surface area (Å²) in [5.74, 6) is -0.376. The fraction of sp³-hybridized carbons (Fsp3) is 0.154. The molecule has 2 rings (SSSR count). The molecule has 0 aliphatic carbocycles. The lowest BCUT2D eigenvalue weighted by molar-refractivity contribution is 0.103. The molecular weight excluding hydrogens is 440 g/mol. The zero-order valence-corrected chi connectivity index (χ0v) is 16.6. The molecule has 1 amide bonds. The molecule has 2 aromatic rings. The average Bonchev–Trinajstić information content (AvgIpc) is 2.87. The van der Waals surface area contributed by atoms with Gasteiger partial charge in [-0.2, -0.15) is 3.71 Å². The minimum atomic E-state index is -4.07. The Morgan fingerprint density at radius 2 is 1.75 bits per heavy atom. The third kappa shape index (κ3) is 4.56. The van der Waals surface area contributed by atoms with Gasteiger partial charge >= 0.3 is 0 Å². The van der Waals surface area contributed by atoms with Crippen LogP contribution in [-0.4, -0.2) is 35.3 Å². The van der Waals surface area contributed by atoms with Crippen LogP contribution in [-0.2, 0) is 20.0 Å². The zero-order valence-electron chi connectivity index (χ0n) is 12.6. The number of nitrogens with zero attached hydrogens (tertiary/aromatic N) is 1. The van der Waals surface area contributed by atoms with Gasteiger partial charge in [-0.1, -0.05) is 22.0 Å². The maximum Gasteiger partial charge on any atom is 0.265 e. The van der Waals surface area contributed by atoms with E-state index in [1.165, 1.54) is 29.5 Å². The van der Waals surface area contributed by atoms with Gasteiger partial charge in [0, 0.05) is 10.2 Å². The number of carbonyl (C=O) groups is 1. The minimum absolute atomic E-state index is 0.101. The van der Waals surface area contributed by atoms with Gasteiger partial charge in [0.2, 0.25) is 20.0 Å². The molecule has 7 nitrogen and oxygen atoms in total. The van der Waals surface area contributed by atoms with Crippen LogP contribution in [0.1, 0.15) is 9.67 Å². The summed E-state index contributed by atoms with van der Waals surface area (Å²) in [6.07, 6.45) is 1.58. The Bertz CT molecular complexity index is 937. The van der Waals surface area contributed by atoms with E-state index in [0.717, 1.165) is 12.5 Å². The van der Waals surface area contributed by atoms with Gasteiger partial charge in [-0.3, -0.25) is 4.79 Å². The van der Waals surface area contributed by atoms with Gasteiger partial charge in [-0.25, -0.2) is 16.8 Å². The second-order valence-corrected chi connectivity index (χ2v) is 10.6. The molecule has 0 saturated heterocycles. The van der Waals surface area contributed by atoms with Gasteiger partial charge in [0.25, 0.3) is 5.91 Å². The standard InChI is InChI=1S/C13H13BrN2O5S3/c1-23(18,19)16(24(2,20)21)11-7-9(14)6-10(8-11)15-13(17)12-4-3-5-22-12/h3-8H,1-2H3,(H,15,17). The van der Waals surface area contributed by atoms with Crippen LogP contribution in [0.25, 0.3) is 0 Å². The van der Waals surface area contributed by atoms with Crippen molar-refractivity contribution in [3.63, 3.8) is 0 Å². The molecule has 0 saturated carbocycles.